The van der Waals surface area contributed by atoms with Crippen molar-refractivity contribution < 1.29 is 0 Å². The zero-order valence-corrected chi connectivity index (χ0v) is 7.83. The molecule has 0 aliphatic heterocycles. The predicted octanol–water partition coefficient (Wildman–Crippen LogP) is 1.70. The molecule has 1 heterocycles. The number of nitrogens with two attached hydrogens (primary N) is 1. The van der Waals surface area contributed by atoms with Gasteiger partial charge in [-0.3, -0.25) is 4.68 Å². The van der Waals surface area contributed by atoms with Gasteiger partial charge in [0.25, 0.3) is 0 Å². The molecule has 2 N–H and O–H groups in total. The molecular formula is C9H17N3. The van der Waals surface area contributed by atoms with E-state index < -0.39 is 0 Å². The van der Waals surface area contributed by atoms with Gasteiger partial charge in [-0.1, -0.05) is 13.8 Å². The third-order valence-corrected chi connectivity index (χ3v) is 2.19. The van der Waals surface area contributed by atoms with Gasteiger partial charge in [0, 0.05) is 12.7 Å². The lowest BCUT2D eigenvalue weighted by molar-refractivity contribution is 0.425. The second-order valence-corrected chi connectivity index (χ2v) is 2.96. The molecule has 0 bridgehead atoms. The smallest absolute Gasteiger partial charge is 0.0760 e. The van der Waals surface area contributed by atoms with E-state index in [-0.39, 0.29) is 0 Å². The maximum Gasteiger partial charge on any atom is 0.0760 e. The van der Waals surface area contributed by atoms with Gasteiger partial charge in [-0.2, -0.15) is 5.10 Å². The van der Waals surface area contributed by atoms with Crippen LogP contribution in [0.3, 0.4) is 0 Å². The Morgan fingerprint density at radius 1 is 1.50 bits per heavy atom. The molecule has 0 aliphatic rings. The first kappa shape index (κ1) is 9.26. The molecule has 0 saturated heterocycles. The van der Waals surface area contributed by atoms with E-state index in [1.807, 2.05) is 16.9 Å². The zero-order valence-electron chi connectivity index (χ0n) is 7.83. The Bertz CT molecular complexity index is 225. The fourth-order valence-corrected chi connectivity index (χ4v) is 1.35. The molecule has 0 aliphatic carbocycles. The van der Waals surface area contributed by atoms with Crippen LogP contribution in [0.5, 0.6) is 0 Å². The first-order valence-electron chi connectivity index (χ1n) is 4.55. The van der Waals surface area contributed by atoms with Crippen LogP contribution < -0.4 is 5.73 Å². The summed E-state index contributed by atoms with van der Waals surface area (Å²) >= 11 is 0. The highest BCUT2D eigenvalue weighted by Crippen LogP contribution is 2.13. The Balaban J connectivity index is 2.72. The third kappa shape index (κ3) is 1.85. The molecule has 0 fully saturated rings. The first-order valence-corrected chi connectivity index (χ1v) is 4.55. The summed E-state index contributed by atoms with van der Waals surface area (Å²) in [6.07, 6.45) is 4.27. The van der Waals surface area contributed by atoms with Gasteiger partial charge >= 0.3 is 0 Å². The van der Waals surface area contributed by atoms with Gasteiger partial charge in [-0.05, 0) is 18.9 Å². The summed E-state index contributed by atoms with van der Waals surface area (Å²) in [7, 11) is 0. The van der Waals surface area contributed by atoms with E-state index in [4.69, 9.17) is 5.73 Å². The van der Waals surface area contributed by atoms with E-state index in [0.29, 0.717) is 12.6 Å². The Kier molecular flexibility index (Phi) is 3.29. The molecule has 0 radical (unpaired) electrons. The molecular weight excluding hydrogens is 150 g/mol. The predicted molar refractivity (Wildman–Crippen MR) is 49.7 cm³/mol. The Morgan fingerprint density at radius 2 is 2.17 bits per heavy atom. The number of nitrogens with zero attached hydrogens (tertiary/aromatic N) is 2. The molecule has 0 spiro atoms. The molecule has 1 rings (SSSR count). The number of rotatable bonds is 4. The molecule has 0 unspecified atom stereocenters. The zero-order chi connectivity index (χ0) is 8.97. The maximum atomic E-state index is 5.47. The van der Waals surface area contributed by atoms with E-state index in [0.717, 1.165) is 18.5 Å². The summed E-state index contributed by atoms with van der Waals surface area (Å²) in [6, 6.07) is 2.52. The van der Waals surface area contributed by atoms with E-state index in [2.05, 4.69) is 18.9 Å². The van der Waals surface area contributed by atoms with Crippen LogP contribution in [-0.4, -0.2) is 9.78 Å². The molecule has 1 aromatic rings. The highest BCUT2D eigenvalue weighted by molar-refractivity contribution is 4.98. The molecule has 0 saturated carbocycles. The minimum atomic E-state index is 0.533. The van der Waals surface area contributed by atoms with Crippen LogP contribution in [0.25, 0.3) is 0 Å². The molecule has 3 heteroatoms. The summed E-state index contributed by atoms with van der Waals surface area (Å²) in [4.78, 5) is 0. The van der Waals surface area contributed by atoms with Crippen LogP contribution in [-0.2, 0) is 6.54 Å². The molecule has 3 nitrogen and oxygen atoms in total. The summed E-state index contributed by atoms with van der Waals surface area (Å²) in [5.41, 5.74) is 6.44. The van der Waals surface area contributed by atoms with Crippen LogP contribution >= 0.6 is 0 Å². The van der Waals surface area contributed by atoms with Crippen molar-refractivity contribution in [1.82, 2.24) is 9.78 Å². The van der Waals surface area contributed by atoms with Crippen LogP contribution in [0.2, 0.25) is 0 Å². The second-order valence-electron chi connectivity index (χ2n) is 2.96. The topological polar surface area (TPSA) is 43.8 Å². The fraction of sp³-hybridized carbons (Fsp3) is 0.667. The van der Waals surface area contributed by atoms with Crippen molar-refractivity contribution in [3.8, 4) is 0 Å². The molecule has 1 aromatic heterocycles. The summed E-state index contributed by atoms with van der Waals surface area (Å²) in [5.74, 6) is 0. The minimum absolute atomic E-state index is 0.533. The van der Waals surface area contributed by atoms with E-state index in [9.17, 15) is 0 Å². The van der Waals surface area contributed by atoms with Gasteiger partial charge < -0.3 is 5.73 Å². The third-order valence-electron chi connectivity index (χ3n) is 2.19. The van der Waals surface area contributed by atoms with E-state index in [1.54, 1.807) is 0 Å². The minimum Gasteiger partial charge on any atom is -0.325 e. The summed E-state index contributed by atoms with van der Waals surface area (Å²) in [6.45, 7) is 4.89. The molecule has 0 amide bonds. The van der Waals surface area contributed by atoms with Gasteiger partial charge in [0.15, 0.2) is 0 Å². The van der Waals surface area contributed by atoms with Crippen molar-refractivity contribution in [2.45, 2.75) is 39.3 Å². The van der Waals surface area contributed by atoms with Crippen LogP contribution in [0.15, 0.2) is 12.3 Å². The lowest BCUT2D eigenvalue weighted by Crippen LogP contribution is -2.08. The normalized spacial score (nSPS) is 11.0. The van der Waals surface area contributed by atoms with Crippen LogP contribution in [0.1, 0.15) is 38.4 Å². The molecule has 12 heavy (non-hydrogen) atoms. The van der Waals surface area contributed by atoms with E-state index >= 15 is 0 Å². The van der Waals surface area contributed by atoms with Crippen molar-refractivity contribution in [2.75, 3.05) is 0 Å². The van der Waals surface area contributed by atoms with Gasteiger partial charge in [0.05, 0.1) is 11.7 Å². The number of aromatic nitrogens is 2. The Hall–Kier alpha value is -0.830. The standard InChI is InChI=1S/C9H17N3/c1-3-9(4-2)12-6-5-8(7-10)11-12/h5-6,9H,3-4,7,10H2,1-2H3. The van der Waals surface area contributed by atoms with Crippen molar-refractivity contribution in [1.29, 1.82) is 0 Å². The van der Waals surface area contributed by atoms with Gasteiger partial charge in [-0.25, -0.2) is 0 Å². The molecule has 68 valence electrons. The highest BCUT2D eigenvalue weighted by atomic mass is 15.3. The van der Waals surface area contributed by atoms with Gasteiger partial charge in [-0.15, -0.1) is 0 Å². The van der Waals surface area contributed by atoms with Crippen LogP contribution in [0.4, 0.5) is 0 Å². The largest absolute Gasteiger partial charge is 0.325 e. The summed E-state index contributed by atoms with van der Waals surface area (Å²) in [5, 5.41) is 4.36. The summed E-state index contributed by atoms with van der Waals surface area (Å²) < 4.78 is 2.02. The van der Waals surface area contributed by atoms with Crippen molar-refractivity contribution in [3.63, 3.8) is 0 Å². The molecule has 0 aromatic carbocycles. The molecule has 0 atom stereocenters. The van der Waals surface area contributed by atoms with Gasteiger partial charge in [0.1, 0.15) is 0 Å². The quantitative estimate of drug-likeness (QED) is 0.741. The second kappa shape index (κ2) is 4.26. The van der Waals surface area contributed by atoms with E-state index in [1.165, 1.54) is 0 Å². The monoisotopic (exact) mass is 167 g/mol. The lowest BCUT2D eigenvalue weighted by Gasteiger charge is -2.12. The maximum absolute atomic E-state index is 5.47. The average molecular weight is 167 g/mol. The van der Waals surface area contributed by atoms with Crippen molar-refractivity contribution in [3.05, 3.63) is 18.0 Å². The van der Waals surface area contributed by atoms with Crippen LogP contribution in [0, 0.1) is 0 Å². The Morgan fingerprint density at radius 3 is 2.58 bits per heavy atom. The number of hydrogen-bond donors (Lipinski definition) is 1. The SMILES string of the molecule is CCC(CC)n1ccc(CN)n1. The lowest BCUT2D eigenvalue weighted by atomic mass is 10.2. The number of hydrogen-bond acceptors (Lipinski definition) is 2. The average Bonchev–Trinajstić information content (AvgIpc) is 2.55. The first-order chi connectivity index (χ1) is 5.81. The van der Waals surface area contributed by atoms with Crippen molar-refractivity contribution in [2.24, 2.45) is 5.73 Å². The Labute approximate surface area is 73.6 Å². The van der Waals surface area contributed by atoms with Gasteiger partial charge in [0.2, 0.25) is 0 Å². The highest BCUT2D eigenvalue weighted by Gasteiger charge is 2.06. The van der Waals surface area contributed by atoms with Crippen molar-refractivity contribution >= 4 is 0 Å². The fourth-order valence-electron chi connectivity index (χ4n) is 1.35.